The highest BCUT2D eigenvalue weighted by Gasteiger charge is 2.12. The van der Waals surface area contributed by atoms with Crippen LogP contribution in [0.3, 0.4) is 0 Å². The number of benzene rings is 1. The standard InChI is InChI=1S/C12H11N3S2/c13-8-10-11(14-12-15(10)6-7-16-12)17-9-4-2-1-3-5-9/h1-7H,8,13H2. The van der Waals surface area contributed by atoms with Gasteiger partial charge in [0.2, 0.25) is 0 Å². The van der Waals surface area contributed by atoms with Crippen LogP contribution in [-0.4, -0.2) is 9.38 Å². The molecule has 1 aromatic carbocycles. The van der Waals surface area contributed by atoms with Gasteiger partial charge >= 0.3 is 0 Å². The first kappa shape index (κ1) is 10.8. The lowest BCUT2D eigenvalue weighted by molar-refractivity contribution is 0.924. The van der Waals surface area contributed by atoms with E-state index < -0.39 is 0 Å². The Morgan fingerprint density at radius 2 is 2.12 bits per heavy atom. The quantitative estimate of drug-likeness (QED) is 0.788. The van der Waals surface area contributed by atoms with E-state index in [4.69, 9.17) is 5.73 Å². The van der Waals surface area contributed by atoms with E-state index in [1.165, 1.54) is 4.90 Å². The third-order valence-corrected chi connectivity index (χ3v) is 4.26. The van der Waals surface area contributed by atoms with Crippen LogP contribution in [0.1, 0.15) is 5.69 Å². The van der Waals surface area contributed by atoms with Crippen molar-refractivity contribution in [3.05, 3.63) is 47.6 Å². The second-order valence-electron chi connectivity index (χ2n) is 3.54. The zero-order valence-electron chi connectivity index (χ0n) is 9.04. The minimum atomic E-state index is 0.507. The largest absolute Gasteiger partial charge is 0.325 e. The maximum atomic E-state index is 5.80. The maximum absolute atomic E-state index is 5.80. The number of nitrogens with zero attached hydrogens (tertiary/aromatic N) is 2. The van der Waals surface area contributed by atoms with Gasteiger partial charge in [0.05, 0.1) is 5.69 Å². The summed E-state index contributed by atoms with van der Waals surface area (Å²) in [7, 11) is 0. The van der Waals surface area contributed by atoms with Gasteiger partial charge in [-0.1, -0.05) is 30.0 Å². The van der Waals surface area contributed by atoms with Gasteiger partial charge in [0, 0.05) is 23.0 Å². The molecule has 17 heavy (non-hydrogen) atoms. The Hall–Kier alpha value is -1.30. The van der Waals surface area contributed by atoms with Gasteiger partial charge in [-0.25, -0.2) is 4.98 Å². The van der Waals surface area contributed by atoms with Crippen LogP contribution in [0.2, 0.25) is 0 Å². The minimum Gasteiger partial charge on any atom is -0.325 e. The summed E-state index contributed by atoms with van der Waals surface area (Å²) in [5, 5.41) is 3.03. The van der Waals surface area contributed by atoms with Crippen molar-refractivity contribution in [2.24, 2.45) is 5.73 Å². The van der Waals surface area contributed by atoms with E-state index in [0.717, 1.165) is 15.7 Å². The van der Waals surface area contributed by atoms with Crippen LogP contribution in [0.25, 0.3) is 4.96 Å². The van der Waals surface area contributed by atoms with Crippen molar-refractivity contribution in [3.8, 4) is 0 Å². The Bertz CT molecular complexity index is 628. The van der Waals surface area contributed by atoms with E-state index in [9.17, 15) is 0 Å². The van der Waals surface area contributed by atoms with E-state index in [1.807, 2.05) is 29.8 Å². The summed E-state index contributed by atoms with van der Waals surface area (Å²) < 4.78 is 2.07. The maximum Gasteiger partial charge on any atom is 0.194 e. The average Bonchev–Trinajstić information content (AvgIpc) is 2.90. The van der Waals surface area contributed by atoms with Crippen molar-refractivity contribution in [3.63, 3.8) is 0 Å². The molecule has 2 aromatic heterocycles. The highest BCUT2D eigenvalue weighted by Crippen LogP contribution is 2.31. The van der Waals surface area contributed by atoms with Gasteiger partial charge in [-0.3, -0.25) is 4.40 Å². The molecule has 0 aliphatic rings. The van der Waals surface area contributed by atoms with Gasteiger partial charge < -0.3 is 5.73 Å². The summed E-state index contributed by atoms with van der Waals surface area (Å²) in [5.74, 6) is 0. The Morgan fingerprint density at radius 1 is 1.29 bits per heavy atom. The molecule has 86 valence electrons. The summed E-state index contributed by atoms with van der Waals surface area (Å²) in [4.78, 5) is 6.79. The second-order valence-corrected chi connectivity index (χ2v) is 5.47. The highest BCUT2D eigenvalue weighted by atomic mass is 32.2. The molecule has 0 fully saturated rings. The van der Waals surface area contributed by atoms with Crippen molar-refractivity contribution in [2.45, 2.75) is 16.5 Å². The lowest BCUT2D eigenvalue weighted by atomic mass is 10.4. The molecule has 2 N–H and O–H groups in total. The van der Waals surface area contributed by atoms with Gasteiger partial charge in [0.15, 0.2) is 4.96 Å². The van der Waals surface area contributed by atoms with Gasteiger partial charge in [0.1, 0.15) is 5.03 Å². The summed E-state index contributed by atoms with van der Waals surface area (Å²) >= 11 is 3.30. The molecule has 2 heterocycles. The number of nitrogens with two attached hydrogens (primary N) is 1. The van der Waals surface area contributed by atoms with E-state index in [1.54, 1.807) is 23.1 Å². The van der Waals surface area contributed by atoms with Crippen LogP contribution < -0.4 is 5.73 Å². The van der Waals surface area contributed by atoms with E-state index >= 15 is 0 Å². The van der Waals surface area contributed by atoms with Gasteiger partial charge in [-0.2, -0.15) is 0 Å². The molecule has 0 aliphatic carbocycles. The third kappa shape index (κ3) is 1.97. The molecule has 0 aliphatic heterocycles. The average molecular weight is 261 g/mol. The van der Waals surface area contributed by atoms with Gasteiger partial charge in [-0.05, 0) is 12.1 Å². The third-order valence-electron chi connectivity index (χ3n) is 2.48. The number of hydrogen-bond donors (Lipinski definition) is 1. The van der Waals surface area contributed by atoms with Crippen molar-refractivity contribution < 1.29 is 0 Å². The predicted octanol–water partition coefficient (Wildman–Crippen LogP) is 3.01. The monoisotopic (exact) mass is 261 g/mol. The normalized spacial score (nSPS) is 11.1. The molecule has 0 bridgehead atoms. The fraction of sp³-hybridized carbons (Fsp3) is 0.0833. The van der Waals surface area contributed by atoms with E-state index in [2.05, 4.69) is 21.5 Å². The van der Waals surface area contributed by atoms with Crippen molar-refractivity contribution in [2.75, 3.05) is 0 Å². The number of rotatable bonds is 3. The second kappa shape index (κ2) is 4.52. The number of imidazole rings is 1. The molecule has 3 aromatic rings. The molecule has 0 unspecified atom stereocenters. The Balaban J connectivity index is 2.02. The fourth-order valence-corrected chi connectivity index (χ4v) is 3.42. The van der Waals surface area contributed by atoms with Crippen molar-refractivity contribution in [1.29, 1.82) is 0 Å². The molecule has 3 nitrogen and oxygen atoms in total. The lowest BCUT2D eigenvalue weighted by Crippen LogP contribution is -2.00. The summed E-state index contributed by atoms with van der Waals surface area (Å²) in [6, 6.07) is 10.2. The van der Waals surface area contributed by atoms with Crippen LogP contribution >= 0.6 is 23.1 Å². The van der Waals surface area contributed by atoms with Crippen LogP contribution in [0, 0.1) is 0 Å². The van der Waals surface area contributed by atoms with Crippen LogP contribution in [0.5, 0.6) is 0 Å². The molecular formula is C12H11N3S2. The number of thiazole rings is 1. The molecule has 0 atom stereocenters. The Kier molecular flexibility index (Phi) is 2.88. The van der Waals surface area contributed by atoms with Crippen molar-refractivity contribution >= 4 is 28.1 Å². The number of hydrogen-bond acceptors (Lipinski definition) is 4. The van der Waals surface area contributed by atoms with Crippen molar-refractivity contribution in [1.82, 2.24) is 9.38 Å². The highest BCUT2D eigenvalue weighted by molar-refractivity contribution is 7.99. The van der Waals surface area contributed by atoms with Gasteiger partial charge in [-0.15, -0.1) is 11.3 Å². The molecule has 0 saturated heterocycles. The topological polar surface area (TPSA) is 43.3 Å². The van der Waals surface area contributed by atoms with Crippen LogP contribution in [0.4, 0.5) is 0 Å². The lowest BCUT2D eigenvalue weighted by Gasteiger charge is -2.00. The number of aromatic nitrogens is 2. The molecule has 5 heteroatoms. The van der Waals surface area contributed by atoms with E-state index in [0.29, 0.717) is 6.54 Å². The fourth-order valence-electron chi connectivity index (χ4n) is 1.68. The molecule has 3 rings (SSSR count). The first-order valence-electron chi connectivity index (χ1n) is 5.26. The molecule has 0 amide bonds. The van der Waals surface area contributed by atoms with Gasteiger partial charge in [0.25, 0.3) is 0 Å². The molecular weight excluding hydrogens is 250 g/mol. The summed E-state index contributed by atoms with van der Waals surface area (Å²) in [5.41, 5.74) is 6.88. The van der Waals surface area contributed by atoms with Crippen LogP contribution in [-0.2, 0) is 6.54 Å². The SMILES string of the molecule is NCc1c(Sc2ccccc2)nc2sccn12. The van der Waals surface area contributed by atoms with E-state index in [-0.39, 0.29) is 0 Å². The smallest absolute Gasteiger partial charge is 0.194 e. The minimum absolute atomic E-state index is 0.507. The summed E-state index contributed by atoms with van der Waals surface area (Å²) in [6.07, 6.45) is 2.02. The molecule has 0 spiro atoms. The number of fused-ring (bicyclic) bond motifs is 1. The Labute approximate surface area is 107 Å². The molecule has 0 saturated carbocycles. The first-order chi connectivity index (χ1) is 8.38. The predicted molar refractivity (Wildman–Crippen MR) is 71.5 cm³/mol. The zero-order valence-corrected chi connectivity index (χ0v) is 10.7. The Morgan fingerprint density at radius 3 is 2.88 bits per heavy atom. The zero-order chi connectivity index (χ0) is 11.7. The first-order valence-corrected chi connectivity index (χ1v) is 6.95. The molecule has 0 radical (unpaired) electrons. The summed E-state index contributed by atoms with van der Waals surface area (Å²) in [6.45, 7) is 0.507. The van der Waals surface area contributed by atoms with Crippen LogP contribution in [0.15, 0.2) is 51.8 Å².